The number of aromatic nitrogens is 3. The molecule has 4 aromatic rings. The number of fused-ring (bicyclic) bond motifs is 1. The maximum absolute atomic E-state index is 14.2. The Morgan fingerprint density at radius 2 is 2.07 bits per heavy atom. The lowest BCUT2D eigenvalue weighted by atomic mass is 10.1. The quantitative estimate of drug-likeness (QED) is 0.526. The minimum absolute atomic E-state index is 0.0168. The number of benzene rings is 2. The smallest absolute Gasteiger partial charge is 0.267 e. The van der Waals surface area contributed by atoms with Crippen molar-refractivity contribution >= 4 is 17.0 Å². The van der Waals surface area contributed by atoms with Crippen LogP contribution in [-0.4, -0.2) is 27.7 Å². The molecule has 0 bridgehead atoms. The zero-order chi connectivity index (χ0) is 21.1. The molecule has 30 heavy (non-hydrogen) atoms. The standard InChI is InChI=1S/C21H17FN4O4/c1-29-14-6-4-5-13(9-14)10-23-17(27)11-26-12-24-20-18(21(26)28)19(25-30-20)15-7-2-3-8-16(15)22/h2-9,12H,10-11H2,1H3,(H,23,27). The number of halogens is 1. The molecule has 2 aromatic heterocycles. The second-order valence-corrected chi connectivity index (χ2v) is 6.50. The van der Waals surface area contributed by atoms with Gasteiger partial charge in [-0.25, -0.2) is 9.37 Å². The van der Waals surface area contributed by atoms with Crippen molar-refractivity contribution in [2.45, 2.75) is 13.1 Å². The van der Waals surface area contributed by atoms with Crippen molar-refractivity contribution in [2.75, 3.05) is 7.11 Å². The molecule has 0 aliphatic carbocycles. The van der Waals surface area contributed by atoms with Crippen LogP contribution >= 0.6 is 0 Å². The highest BCUT2D eigenvalue weighted by atomic mass is 19.1. The van der Waals surface area contributed by atoms with Crippen LogP contribution < -0.4 is 15.6 Å². The summed E-state index contributed by atoms with van der Waals surface area (Å²) >= 11 is 0. The largest absolute Gasteiger partial charge is 0.497 e. The number of amides is 1. The van der Waals surface area contributed by atoms with Crippen LogP contribution in [0, 0.1) is 5.82 Å². The fourth-order valence-electron chi connectivity index (χ4n) is 3.02. The normalized spacial score (nSPS) is 10.9. The summed E-state index contributed by atoms with van der Waals surface area (Å²) < 4.78 is 25.5. The van der Waals surface area contributed by atoms with E-state index in [4.69, 9.17) is 9.26 Å². The Hall–Kier alpha value is -4.01. The Labute approximate surface area is 169 Å². The van der Waals surface area contributed by atoms with Crippen molar-refractivity contribution in [1.29, 1.82) is 0 Å². The van der Waals surface area contributed by atoms with Crippen LogP contribution in [0.4, 0.5) is 4.39 Å². The molecule has 8 nitrogen and oxygen atoms in total. The highest BCUT2D eigenvalue weighted by molar-refractivity contribution is 5.89. The van der Waals surface area contributed by atoms with E-state index in [9.17, 15) is 14.0 Å². The van der Waals surface area contributed by atoms with Gasteiger partial charge in [0.25, 0.3) is 11.3 Å². The molecule has 0 fully saturated rings. The van der Waals surface area contributed by atoms with Crippen molar-refractivity contribution in [1.82, 2.24) is 20.0 Å². The summed E-state index contributed by atoms with van der Waals surface area (Å²) in [4.78, 5) is 29.3. The van der Waals surface area contributed by atoms with Crippen LogP contribution in [0.3, 0.4) is 0 Å². The first-order valence-electron chi connectivity index (χ1n) is 9.06. The van der Waals surface area contributed by atoms with Crippen LogP contribution in [0.25, 0.3) is 22.4 Å². The maximum atomic E-state index is 14.2. The molecule has 2 heterocycles. The number of hydrogen-bond donors (Lipinski definition) is 1. The molecule has 0 saturated heterocycles. The summed E-state index contributed by atoms with van der Waals surface area (Å²) in [5, 5.41) is 6.56. The topological polar surface area (TPSA) is 99.2 Å². The monoisotopic (exact) mass is 408 g/mol. The number of hydrogen-bond acceptors (Lipinski definition) is 6. The van der Waals surface area contributed by atoms with Gasteiger partial charge in [0.2, 0.25) is 5.91 Å². The van der Waals surface area contributed by atoms with E-state index in [1.54, 1.807) is 25.3 Å². The molecular weight excluding hydrogens is 391 g/mol. The molecule has 0 atom stereocenters. The highest BCUT2D eigenvalue weighted by Crippen LogP contribution is 2.26. The Morgan fingerprint density at radius 1 is 1.23 bits per heavy atom. The molecule has 152 valence electrons. The third kappa shape index (κ3) is 3.77. The third-order valence-electron chi connectivity index (χ3n) is 4.53. The average molecular weight is 408 g/mol. The SMILES string of the molecule is COc1cccc(CNC(=O)Cn2cnc3onc(-c4ccccc4F)c3c2=O)c1. The van der Waals surface area contributed by atoms with Gasteiger partial charge in [0.05, 0.1) is 7.11 Å². The number of rotatable bonds is 6. The van der Waals surface area contributed by atoms with Gasteiger partial charge in [-0.2, -0.15) is 0 Å². The number of carbonyl (C=O) groups excluding carboxylic acids is 1. The number of carbonyl (C=O) groups is 1. The predicted molar refractivity (Wildman–Crippen MR) is 106 cm³/mol. The molecule has 4 rings (SSSR count). The summed E-state index contributed by atoms with van der Waals surface area (Å²) in [5.74, 6) is -0.246. The second kappa shape index (κ2) is 8.16. The highest BCUT2D eigenvalue weighted by Gasteiger charge is 2.20. The van der Waals surface area contributed by atoms with Gasteiger partial charge in [-0.15, -0.1) is 0 Å². The molecule has 2 aromatic carbocycles. The summed E-state index contributed by atoms with van der Waals surface area (Å²) in [6.45, 7) is 0.0157. The van der Waals surface area contributed by atoms with E-state index in [0.717, 1.165) is 10.1 Å². The van der Waals surface area contributed by atoms with E-state index in [1.165, 1.54) is 24.5 Å². The molecule has 1 N–H and O–H groups in total. The van der Waals surface area contributed by atoms with Crippen molar-refractivity contribution in [3.05, 3.63) is 76.6 Å². The van der Waals surface area contributed by atoms with Gasteiger partial charge >= 0.3 is 0 Å². The zero-order valence-electron chi connectivity index (χ0n) is 16.0. The first kappa shape index (κ1) is 19.3. The molecule has 0 aliphatic rings. The molecule has 0 spiro atoms. The van der Waals surface area contributed by atoms with Gasteiger partial charge in [0, 0.05) is 12.1 Å². The van der Waals surface area contributed by atoms with Crippen LogP contribution in [0.1, 0.15) is 5.56 Å². The van der Waals surface area contributed by atoms with Gasteiger partial charge < -0.3 is 14.6 Å². The number of nitrogens with one attached hydrogen (secondary N) is 1. The molecule has 0 unspecified atom stereocenters. The Balaban J connectivity index is 1.57. The number of nitrogens with zero attached hydrogens (tertiary/aromatic N) is 3. The Kier molecular flexibility index (Phi) is 5.25. The molecule has 0 saturated carbocycles. The van der Waals surface area contributed by atoms with E-state index in [-0.39, 0.29) is 41.4 Å². The molecular formula is C21H17FN4O4. The lowest BCUT2D eigenvalue weighted by molar-refractivity contribution is -0.121. The third-order valence-corrected chi connectivity index (χ3v) is 4.53. The van der Waals surface area contributed by atoms with Crippen LogP contribution in [0.15, 0.2) is 64.2 Å². The minimum Gasteiger partial charge on any atom is -0.497 e. The first-order valence-corrected chi connectivity index (χ1v) is 9.06. The van der Waals surface area contributed by atoms with Crippen molar-refractivity contribution < 1.29 is 18.4 Å². The van der Waals surface area contributed by atoms with E-state index < -0.39 is 11.4 Å². The maximum Gasteiger partial charge on any atom is 0.267 e. The van der Waals surface area contributed by atoms with Gasteiger partial charge in [-0.05, 0) is 29.8 Å². The predicted octanol–water partition coefficient (Wildman–Crippen LogP) is 2.52. The van der Waals surface area contributed by atoms with Crippen molar-refractivity contribution in [2.24, 2.45) is 0 Å². The van der Waals surface area contributed by atoms with Crippen LogP contribution in [0.5, 0.6) is 5.75 Å². The van der Waals surface area contributed by atoms with Gasteiger partial charge in [-0.3, -0.25) is 14.2 Å². The lowest BCUT2D eigenvalue weighted by Crippen LogP contribution is -2.32. The minimum atomic E-state index is -0.545. The van der Waals surface area contributed by atoms with Gasteiger partial charge in [-0.1, -0.05) is 29.4 Å². The molecule has 1 amide bonds. The van der Waals surface area contributed by atoms with Crippen molar-refractivity contribution in [3.63, 3.8) is 0 Å². The summed E-state index contributed by atoms with van der Waals surface area (Å²) in [6, 6.07) is 13.2. The lowest BCUT2D eigenvalue weighted by Gasteiger charge is -2.08. The Morgan fingerprint density at radius 3 is 2.87 bits per heavy atom. The summed E-state index contributed by atoms with van der Waals surface area (Å²) in [6.07, 6.45) is 1.20. The second-order valence-electron chi connectivity index (χ2n) is 6.50. The fraction of sp³-hybridized carbons (Fsp3) is 0.143. The van der Waals surface area contributed by atoms with E-state index >= 15 is 0 Å². The number of methoxy groups -OCH3 is 1. The molecule has 0 aliphatic heterocycles. The van der Waals surface area contributed by atoms with Crippen LogP contribution in [-0.2, 0) is 17.9 Å². The number of ether oxygens (including phenoxy) is 1. The van der Waals surface area contributed by atoms with E-state index in [1.807, 2.05) is 12.1 Å². The summed E-state index contributed by atoms with van der Waals surface area (Å²) in [7, 11) is 1.56. The average Bonchev–Trinajstić information content (AvgIpc) is 3.19. The zero-order valence-corrected chi connectivity index (χ0v) is 16.0. The van der Waals surface area contributed by atoms with E-state index in [2.05, 4.69) is 15.5 Å². The van der Waals surface area contributed by atoms with Gasteiger partial charge in [0.1, 0.15) is 35.5 Å². The fourth-order valence-corrected chi connectivity index (χ4v) is 3.02. The molecule has 9 heteroatoms. The van der Waals surface area contributed by atoms with Gasteiger partial charge in [0.15, 0.2) is 0 Å². The van der Waals surface area contributed by atoms with E-state index in [0.29, 0.717) is 5.75 Å². The van der Waals surface area contributed by atoms with Crippen LogP contribution in [0.2, 0.25) is 0 Å². The molecule has 0 radical (unpaired) electrons. The van der Waals surface area contributed by atoms with Crippen molar-refractivity contribution in [3.8, 4) is 17.0 Å². The Bertz CT molecular complexity index is 1280. The first-order chi connectivity index (χ1) is 14.6. The summed E-state index contributed by atoms with van der Waals surface area (Å²) in [5.41, 5.74) is 0.453.